The van der Waals surface area contributed by atoms with Crippen LogP contribution in [0.3, 0.4) is 0 Å². The van der Waals surface area contributed by atoms with Crippen molar-refractivity contribution in [1.82, 2.24) is 9.47 Å². The highest BCUT2D eigenvalue weighted by molar-refractivity contribution is 6.05. The van der Waals surface area contributed by atoms with Crippen molar-refractivity contribution in [3.63, 3.8) is 0 Å². The number of anilines is 1. The van der Waals surface area contributed by atoms with Gasteiger partial charge in [-0.25, -0.2) is 9.59 Å². The van der Waals surface area contributed by atoms with E-state index in [1.807, 2.05) is 0 Å². The van der Waals surface area contributed by atoms with Crippen molar-refractivity contribution in [1.29, 1.82) is 0 Å². The van der Waals surface area contributed by atoms with Crippen LogP contribution in [0.5, 0.6) is 5.75 Å². The molecular weight excluding hydrogens is 453 g/mol. The van der Waals surface area contributed by atoms with Crippen molar-refractivity contribution in [2.24, 2.45) is 5.73 Å². The number of ketones is 1. The summed E-state index contributed by atoms with van der Waals surface area (Å²) in [6.07, 6.45) is -0.432. The molecule has 1 aliphatic rings. The zero-order valence-electron chi connectivity index (χ0n) is 17.6. The van der Waals surface area contributed by atoms with Gasteiger partial charge in [0.1, 0.15) is 11.8 Å². The number of halogens is 3. The molecule has 8 nitrogen and oxygen atoms in total. The van der Waals surface area contributed by atoms with Crippen molar-refractivity contribution in [2.75, 3.05) is 11.9 Å². The van der Waals surface area contributed by atoms with Crippen LogP contribution in [-0.2, 0) is 11.2 Å². The number of hydrogen-bond acceptors (Lipinski definition) is 4. The smallest absolute Gasteiger partial charge is 0.406 e. The van der Waals surface area contributed by atoms with Gasteiger partial charge in [0.05, 0.1) is 11.2 Å². The predicted octanol–water partition coefficient (Wildman–Crippen LogP) is 4.05. The molecule has 2 heterocycles. The number of rotatable bonds is 5. The zero-order valence-corrected chi connectivity index (χ0v) is 17.6. The number of urea groups is 1. The number of ether oxygens (including phenoxy) is 1. The van der Waals surface area contributed by atoms with Crippen molar-refractivity contribution in [3.05, 3.63) is 72.4 Å². The molecule has 0 bridgehead atoms. The Morgan fingerprint density at radius 1 is 1.12 bits per heavy atom. The standard InChI is InChI=1S/C23H19F3N4O4/c24-23(25,26)34-15-6-3-5-14(11-15)12-20(31)19-9-4-10-29(19)22(33)28-17-13-30(21(27)32)18-8-2-1-7-16(17)18/h1-9,11,13,19H,10,12H2,(H2,27,32)(H,28,33)/t19-/m0/s1. The van der Waals surface area contributed by atoms with Gasteiger partial charge in [0, 0.05) is 24.5 Å². The van der Waals surface area contributed by atoms with E-state index in [9.17, 15) is 27.6 Å². The van der Waals surface area contributed by atoms with Gasteiger partial charge >= 0.3 is 18.4 Å². The van der Waals surface area contributed by atoms with Crippen LogP contribution in [0.1, 0.15) is 5.56 Å². The van der Waals surface area contributed by atoms with Crippen LogP contribution in [-0.4, -0.2) is 46.3 Å². The average molecular weight is 472 g/mol. The largest absolute Gasteiger partial charge is 0.573 e. The van der Waals surface area contributed by atoms with Crippen molar-refractivity contribution in [2.45, 2.75) is 18.8 Å². The van der Waals surface area contributed by atoms with E-state index in [4.69, 9.17) is 5.73 Å². The predicted molar refractivity (Wildman–Crippen MR) is 117 cm³/mol. The zero-order chi connectivity index (χ0) is 24.5. The fourth-order valence-corrected chi connectivity index (χ4v) is 3.82. The van der Waals surface area contributed by atoms with E-state index in [-0.39, 0.29) is 18.7 Å². The van der Waals surface area contributed by atoms with Crippen LogP contribution in [0, 0.1) is 0 Å². The van der Waals surface area contributed by atoms with Crippen LogP contribution in [0.15, 0.2) is 66.9 Å². The molecule has 0 spiro atoms. The third-order valence-electron chi connectivity index (χ3n) is 5.25. The Bertz CT molecular complexity index is 1300. The summed E-state index contributed by atoms with van der Waals surface area (Å²) in [6.45, 7) is 0.161. The average Bonchev–Trinajstić information content (AvgIpc) is 3.38. The number of hydrogen-bond donors (Lipinski definition) is 2. The molecule has 34 heavy (non-hydrogen) atoms. The molecule has 3 N–H and O–H groups in total. The van der Waals surface area contributed by atoms with Crippen LogP contribution >= 0.6 is 0 Å². The molecule has 0 aliphatic carbocycles. The molecule has 3 amide bonds. The van der Waals surface area contributed by atoms with Crippen LogP contribution < -0.4 is 15.8 Å². The number of Topliss-reactive ketones (excluding diaryl/α,β-unsaturated/α-hetero) is 1. The molecule has 1 atom stereocenters. The van der Waals surface area contributed by atoms with Crippen LogP contribution in [0.2, 0.25) is 0 Å². The topological polar surface area (TPSA) is 107 Å². The lowest BCUT2D eigenvalue weighted by atomic mass is 10.0. The molecule has 4 rings (SSSR count). The Labute approximate surface area is 191 Å². The van der Waals surface area contributed by atoms with Crippen molar-refractivity contribution < 1.29 is 32.3 Å². The molecule has 3 aromatic rings. The second-order valence-corrected chi connectivity index (χ2v) is 7.56. The number of nitrogens with zero attached hydrogens (tertiary/aromatic N) is 2. The van der Waals surface area contributed by atoms with Crippen LogP contribution in [0.4, 0.5) is 28.4 Å². The summed E-state index contributed by atoms with van der Waals surface area (Å²) < 4.78 is 42.5. The molecule has 0 radical (unpaired) electrons. The van der Waals surface area contributed by atoms with Gasteiger partial charge in [-0.1, -0.05) is 42.5 Å². The highest BCUT2D eigenvalue weighted by Crippen LogP contribution is 2.27. The van der Waals surface area contributed by atoms with E-state index in [0.717, 1.165) is 12.1 Å². The van der Waals surface area contributed by atoms with Gasteiger partial charge in [-0.15, -0.1) is 13.2 Å². The Kier molecular flexibility index (Phi) is 6.01. The first-order valence-electron chi connectivity index (χ1n) is 10.1. The van der Waals surface area contributed by atoms with Crippen molar-refractivity contribution >= 4 is 34.4 Å². The van der Waals surface area contributed by atoms with Crippen molar-refractivity contribution in [3.8, 4) is 5.75 Å². The minimum atomic E-state index is -4.84. The second kappa shape index (κ2) is 8.93. The lowest BCUT2D eigenvalue weighted by Gasteiger charge is -2.24. The third kappa shape index (κ3) is 4.87. The maximum atomic E-state index is 13.0. The normalized spacial score (nSPS) is 15.5. The first-order chi connectivity index (χ1) is 16.1. The number of fused-ring (bicyclic) bond motifs is 1. The third-order valence-corrected chi connectivity index (χ3v) is 5.25. The maximum absolute atomic E-state index is 13.0. The first kappa shape index (κ1) is 22.9. The minimum absolute atomic E-state index is 0.161. The monoisotopic (exact) mass is 472 g/mol. The molecule has 0 fully saturated rings. The van der Waals surface area contributed by atoms with E-state index in [1.54, 1.807) is 36.4 Å². The highest BCUT2D eigenvalue weighted by atomic mass is 19.4. The number of carbonyl (C=O) groups is 3. The van der Waals surface area contributed by atoms with Crippen LogP contribution in [0.25, 0.3) is 10.9 Å². The van der Waals surface area contributed by atoms with Gasteiger partial charge in [-0.2, -0.15) is 0 Å². The summed E-state index contributed by atoms with van der Waals surface area (Å²) in [5.74, 6) is -0.812. The van der Waals surface area contributed by atoms with Gasteiger partial charge in [0.25, 0.3) is 0 Å². The molecule has 1 aliphatic heterocycles. The maximum Gasteiger partial charge on any atom is 0.573 e. The SMILES string of the molecule is NC(=O)n1cc(NC(=O)N2CC=C[C@H]2C(=O)Cc2cccc(OC(F)(F)F)c2)c2ccccc21. The summed E-state index contributed by atoms with van der Waals surface area (Å²) in [5.41, 5.74) is 6.57. The lowest BCUT2D eigenvalue weighted by molar-refractivity contribution is -0.274. The minimum Gasteiger partial charge on any atom is -0.406 e. The summed E-state index contributed by atoms with van der Waals surface area (Å²) in [7, 11) is 0. The quantitative estimate of drug-likeness (QED) is 0.547. The number of amides is 3. The number of benzene rings is 2. The molecule has 176 valence electrons. The number of carbonyl (C=O) groups excluding carboxylic acids is 3. The molecule has 1 aromatic heterocycles. The Balaban J connectivity index is 1.48. The highest BCUT2D eigenvalue weighted by Gasteiger charge is 2.32. The van der Waals surface area contributed by atoms with Gasteiger partial charge in [0.15, 0.2) is 5.78 Å². The van der Waals surface area contributed by atoms with E-state index >= 15 is 0 Å². The summed E-state index contributed by atoms with van der Waals surface area (Å²) in [4.78, 5) is 38.9. The number of nitrogens with one attached hydrogen (secondary N) is 1. The molecular formula is C23H19F3N4O4. The molecule has 2 aromatic carbocycles. The van der Waals surface area contributed by atoms with E-state index in [2.05, 4.69) is 10.1 Å². The number of aromatic nitrogens is 1. The molecule has 0 unspecified atom stereocenters. The number of primary amides is 1. The second-order valence-electron chi connectivity index (χ2n) is 7.56. The lowest BCUT2D eigenvalue weighted by Crippen LogP contribution is -2.43. The Hall–Kier alpha value is -4.28. The first-order valence-corrected chi connectivity index (χ1v) is 10.1. The number of alkyl halides is 3. The molecule has 11 heteroatoms. The summed E-state index contributed by atoms with van der Waals surface area (Å²) in [5, 5.41) is 3.30. The summed E-state index contributed by atoms with van der Waals surface area (Å²) in [6, 6.07) is 9.78. The van der Waals surface area contributed by atoms with Gasteiger partial charge < -0.3 is 20.7 Å². The van der Waals surface area contributed by atoms with E-state index < -0.39 is 30.2 Å². The molecule has 0 saturated carbocycles. The summed E-state index contributed by atoms with van der Waals surface area (Å²) >= 11 is 0. The number of nitrogens with two attached hydrogens (primary N) is 1. The fourth-order valence-electron chi connectivity index (χ4n) is 3.82. The van der Waals surface area contributed by atoms with E-state index in [1.165, 1.54) is 27.8 Å². The van der Waals surface area contributed by atoms with Gasteiger partial charge in [-0.05, 0) is 23.8 Å². The number of para-hydroxylation sites is 1. The fraction of sp³-hybridized carbons (Fsp3) is 0.174. The van der Waals surface area contributed by atoms with E-state index in [0.29, 0.717) is 22.2 Å². The molecule has 0 saturated heterocycles. The Morgan fingerprint density at radius 3 is 2.62 bits per heavy atom. The van der Waals surface area contributed by atoms with Gasteiger partial charge in [0.2, 0.25) is 0 Å². The van der Waals surface area contributed by atoms with Gasteiger partial charge in [-0.3, -0.25) is 9.36 Å². The Morgan fingerprint density at radius 2 is 1.88 bits per heavy atom.